The molecule has 0 unspecified atom stereocenters. The lowest BCUT2D eigenvalue weighted by Gasteiger charge is -1.95. The SMILES string of the molecule is N=C(N)OC(=O)C=Cc1ccccc1. The lowest BCUT2D eigenvalue weighted by molar-refractivity contribution is -0.130. The van der Waals surface area contributed by atoms with E-state index >= 15 is 0 Å². The number of hydrogen-bond donors (Lipinski definition) is 2. The zero-order valence-electron chi connectivity index (χ0n) is 7.44. The molecule has 4 heteroatoms. The standard InChI is InChI=1S/C10H10N2O2/c11-10(12)14-9(13)7-6-8-4-2-1-3-5-8/h1-7H,(H3,11,12). The maximum absolute atomic E-state index is 10.9. The van der Waals surface area contributed by atoms with Crippen LogP contribution in [-0.2, 0) is 9.53 Å². The van der Waals surface area contributed by atoms with E-state index < -0.39 is 12.0 Å². The van der Waals surface area contributed by atoms with Gasteiger partial charge in [0.2, 0.25) is 0 Å². The van der Waals surface area contributed by atoms with Crippen LogP contribution in [0.15, 0.2) is 36.4 Å². The molecule has 0 radical (unpaired) electrons. The number of benzene rings is 1. The predicted molar refractivity (Wildman–Crippen MR) is 53.5 cm³/mol. The van der Waals surface area contributed by atoms with Crippen molar-refractivity contribution in [1.29, 1.82) is 5.41 Å². The van der Waals surface area contributed by atoms with Crippen molar-refractivity contribution in [2.24, 2.45) is 5.73 Å². The molecule has 1 aromatic carbocycles. The highest BCUT2D eigenvalue weighted by molar-refractivity contribution is 5.94. The van der Waals surface area contributed by atoms with Crippen molar-refractivity contribution in [2.45, 2.75) is 0 Å². The minimum atomic E-state index is -0.652. The fourth-order valence-corrected chi connectivity index (χ4v) is 0.871. The monoisotopic (exact) mass is 190 g/mol. The summed E-state index contributed by atoms with van der Waals surface area (Å²) in [5, 5.41) is 6.71. The molecule has 0 saturated heterocycles. The zero-order valence-corrected chi connectivity index (χ0v) is 7.44. The van der Waals surface area contributed by atoms with Crippen LogP contribution in [0.2, 0.25) is 0 Å². The van der Waals surface area contributed by atoms with Crippen LogP contribution in [0.1, 0.15) is 5.56 Å². The van der Waals surface area contributed by atoms with Crippen molar-refractivity contribution < 1.29 is 9.53 Å². The maximum Gasteiger partial charge on any atom is 0.338 e. The zero-order chi connectivity index (χ0) is 10.4. The van der Waals surface area contributed by atoms with Gasteiger partial charge in [0.25, 0.3) is 6.02 Å². The maximum atomic E-state index is 10.9. The molecule has 0 amide bonds. The van der Waals surface area contributed by atoms with Crippen LogP contribution in [0, 0.1) is 5.41 Å². The molecule has 3 N–H and O–H groups in total. The smallest absolute Gasteiger partial charge is 0.338 e. The van der Waals surface area contributed by atoms with Crippen molar-refractivity contribution in [1.82, 2.24) is 0 Å². The minimum Gasteiger partial charge on any atom is -0.390 e. The van der Waals surface area contributed by atoms with Gasteiger partial charge < -0.3 is 10.5 Å². The van der Waals surface area contributed by atoms with Crippen molar-refractivity contribution in [3.63, 3.8) is 0 Å². The summed E-state index contributed by atoms with van der Waals surface area (Å²) < 4.78 is 4.31. The fraction of sp³-hybridized carbons (Fsp3) is 0. The Morgan fingerprint density at radius 2 is 2.00 bits per heavy atom. The van der Waals surface area contributed by atoms with Gasteiger partial charge in [0, 0.05) is 6.08 Å². The highest BCUT2D eigenvalue weighted by atomic mass is 16.5. The molecule has 0 aliphatic carbocycles. The van der Waals surface area contributed by atoms with Gasteiger partial charge in [0.1, 0.15) is 0 Å². The summed E-state index contributed by atoms with van der Waals surface area (Å²) in [6.07, 6.45) is 2.81. The summed E-state index contributed by atoms with van der Waals surface area (Å²) in [6, 6.07) is 8.68. The lowest BCUT2D eigenvalue weighted by atomic mass is 10.2. The molecule has 4 nitrogen and oxygen atoms in total. The van der Waals surface area contributed by atoms with E-state index in [1.807, 2.05) is 30.3 Å². The van der Waals surface area contributed by atoms with E-state index in [1.54, 1.807) is 6.08 Å². The first-order valence-electron chi connectivity index (χ1n) is 3.97. The van der Waals surface area contributed by atoms with Crippen LogP contribution in [0.5, 0.6) is 0 Å². The van der Waals surface area contributed by atoms with Crippen molar-refractivity contribution in [2.75, 3.05) is 0 Å². The second kappa shape index (κ2) is 4.81. The number of esters is 1. The van der Waals surface area contributed by atoms with Gasteiger partial charge in [0.05, 0.1) is 0 Å². The number of ether oxygens (including phenoxy) is 1. The first-order chi connectivity index (χ1) is 6.68. The van der Waals surface area contributed by atoms with E-state index in [4.69, 9.17) is 11.1 Å². The average molecular weight is 190 g/mol. The van der Waals surface area contributed by atoms with Gasteiger partial charge >= 0.3 is 5.97 Å². The summed E-state index contributed by atoms with van der Waals surface area (Å²) >= 11 is 0. The summed E-state index contributed by atoms with van der Waals surface area (Å²) in [5.41, 5.74) is 5.75. The molecule has 0 atom stereocenters. The topological polar surface area (TPSA) is 76.2 Å². The number of carbonyl (C=O) groups excluding carboxylic acids is 1. The van der Waals surface area contributed by atoms with Crippen molar-refractivity contribution >= 4 is 18.1 Å². The minimum absolute atomic E-state index is 0.604. The Morgan fingerprint density at radius 1 is 1.36 bits per heavy atom. The molecule has 0 saturated carbocycles. The Labute approximate surface area is 81.5 Å². The molecule has 0 aromatic heterocycles. The van der Waals surface area contributed by atoms with Crippen LogP contribution in [0.4, 0.5) is 0 Å². The van der Waals surface area contributed by atoms with Crippen molar-refractivity contribution in [3.05, 3.63) is 42.0 Å². The lowest BCUT2D eigenvalue weighted by Crippen LogP contribution is -2.17. The molecule has 0 heterocycles. The van der Waals surface area contributed by atoms with Gasteiger partial charge in [-0.05, 0) is 11.6 Å². The van der Waals surface area contributed by atoms with E-state index in [-0.39, 0.29) is 0 Å². The second-order valence-corrected chi connectivity index (χ2v) is 2.53. The third-order valence-corrected chi connectivity index (χ3v) is 1.42. The summed E-state index contributed by atoms with van der Waals surface area (Å²) in [7, 11) is 0. The highest BCUT2D eigenvalue weighted by Crippen LogP contribution is 2.00. The Hall–Kier alpha value is -2.10. The van der Waals surface area contributed by atoms with Crippen LogP contribution >= 0.6 is 0 Å². The number of carbonyl (C=O) groups is 1. The predicted octanol–water partition coefficient (Wildman–Crippen LogP) is 1.14. The second-order valence-electron chi connectivity index (χ2n) is 2.53. The van der Waals surface area contributed by atoms with Gasteiger partial charge in [-0.2, -0.15) is 0 Å². The summed E-state index contributed by atoms with van der Waals surface area (Å²) in [5.74, 6) is -0.652. The normalized spacial score (nSPS) is 10.0. The quantitative estimate of drug-likeness (QED) is 0.318. The Morgan fingerprint density at radius 3 is 2.57 bits per heavy atom. The summed E-state index contributed by atoms with van der Waals surface area (Å²) in [6.45, 7) is 0. The van der Waals surface area contributed by atoms with Crippen LogP contribution in [0.25, 0.3) is 6.08 Å². The molecule has 0 spiro atoms. The number of amidine groups is 1. The van der Waals surface area contributed by atoms with Crippen LogP contribution in [-0.4, -0.2) is 12.0 Å². The van der Waals surface area contributed by atoms with E-state index in [9.17, 15) is 4.79 Å². The molecule has 14 heavy (non-hydrogen) atoms. The van der Waals surface area contributed by atoms with Gasteiger partial charge in [-0.25, -0.2) is 4.79 Å². The Bertz CT molecular complexity index is 358. The number of nitrogens with one attached hydrogen (secondary N) is 1. The number of hydrogen-bond acceptors (Lipinski definition) is 3. The van der Waals surface area contributed by atoms with Crippen molar-refractivity contribution in [3.8, 4) is 0 Å². The first-order valence-corrected chi connectivity index (χ1v) is 3.97. The first kappa shape index (κ1) is 9.98. The number of rotatable bonds is 2. The average Bonchev–Trinajstić information content (AvgIpc) is 2.15. The molecule has 1 rings (SSSR count). The van der Waals surface area contributed by atoms with Gasteiger partial charge in [-0.1, -0.05) is 30.3 Å². The Kier molecular flexibility index (Phi) is 3.43. The van der Waals surface area contributed by atoms with E-state index in [2.05, 4.69) is 4.74 Å². The van der Waals surface area contributed by atoms with E-state index in [1.165, 1.54) is 6.08 Å². The molecule has 0 bridgehead atoms. The third kappa shape index (κ3) is 3.53. The molecule has 0 aliphatic heterocycles. The molecular weight excluding hydrogens is 180 g/mol. The molecule has 1 aromatic rings. The van der Waals surface area contributed by atoms with Gasteiger partial charge in [-0.3, -0.25) is 5.41 Å². The van der Waals surface area contributed by atoms with Gasteiger partial charge in [-0.15, -0.1) is 0 Å². The van der Waals surface area contributed by atoms with E-state index in [0.717, 1.165) is 5.56 Å². The van der Waals surface area contributed by atoms with Crippen LogP contribution in [0.3, 0.4) is 0 Å². The largest absolute Gasteiger partial charge is 0.390 e. The van der Waals surface area contributed by atoms with Gasteiger partial charge in [0.15, 0.2) is 0 Å². The Balaban J connectivity index is 2.56. The number of nitrogens with two attached hydrogens (primary N) is 1. The fourth-order valence-electron chi connectivity index (χ4n) is 0.871. The summed E-state index contributed by atoms with van der Waals surface area (Å²) in [4.78, 5) is 10.9. The molecule has 72 valence electrons. The molecule has 0 aliphatic rings. The molecular formula is C10H10N2O2. The highest BCUT2D eigenvalue weighted by Gasteiger charge is 1.97. The van der Waals surface area contributed by atoms with E-state index in [0.29, 0.717) is 0 Å². The third-order valence-electron chi connectivity index (χ3n) is 1.42. The molecule has 0 fully saturated rings. The van der Waals surface area contributed by atoms with Crippen LogP contribution < -0.4 is 5.73 Å².